The maximum absolute atomic E-state index is 13.3. The molecule has 0 saturated carbocycles. The zero-order chi connectivity index (χ0) is 23.7. The predicted molar refractivity (Wildman–Crippen MR) is 121 cm³/mol. The van der Waals surface area contributed by atoms with Crippen LogP contribution in [0.2, 0.25) is 5.02 Å². The van der Waals surface area contributed by atoms with Crippen molar-refractivity contribution < 1.29 is 26.8 Å². The molecule has 3 rings (SSSR count). The van der Waals surface area contributed by atoms with Gasteiger partial charge in [0.2, 0.25) is 0 Å². The van der Waals surface area contributed by atoms with Gasteiger partial charge in [-0.3, -0.25) is 10.0 Å². The Kier molecular flexibility index (Phi) is 7.62. The smallest absolute Gasteiger partial charge is 0.279 e. The van der Waals surface area contributed by atoms with E-state index in [-0.39, 0.29) is 23.3 Å². The Bertz CT molecular complexity index is 1180. The van der Waals surface area contributed by atoms with Crippen LogP contribution in [0.25, 0.3) is 10.4 Å². The molecule has 1 atom stereocenters. The lowest BCUT2D eigenvalue weighted by molar-refractivity contribution is -0.134. The van der Waals surface area contributed by atoms with Crippen molar-refractivity contribution in [2.24, 2.45) is 0 Å². The van der Waals surface area contributed by atoms with Crippen molar-refractivity contribution in [3.05, 3.63) is 41.4 Å². The van der Waals surface area contributed by atoms with E-state index in [9.17, 15) is 21.6 Å². The highest BCUT2D eigenvalue weighted by Gasteiger charge is 2.43. The number of carbonyl (C=O) groups excluding carboxylic acids is 1. The second-order valence-corrected chi connectivity index (χ2v) is 12.7. The monoisotopic (exact) mass is 522 g/mol. The number of halogens is 1. The fourth-order valence-corrected chi connectivity index (χ4v) is 7.79. The average Bonchev–Trinajstić information content (AvgIpc) is 3.23. The number of hydrogen-bond donors (Lipinski definition) is 3. The summed E-state index contributed by atoms with van der Waals surface area (Å²) in [5, 5.41) is 9.69. The van der Waals surface area contributed by atoms with Gasteiger partial charge in [-0.05, 0) is 43.7 Å². The molecule has 3 N–H and O–H groups in total. The second kappa shape index (κ2) is 9.73. The van der Waals surface area contributed by atoms with Gasteiger partial charge in [0.15, 0.2) is 0 Å². The standard InChI is InChI=1S/C18H23ClN4O6S3/c1-12(2)21-32(28,29)22-9-10-23(15(11-22)18(24)20-25)31(26,27)17-8-7-16(30-17)13-3-5-14(19)6-4-13/h3-8,12,15,21,25H,9-11H2,1-2H3,(H,20,24)/t15-/m1/s1. The van der Waals surface area contributed by atoms with Crippen molar-refractivity contribution in [3.8, 4) is 10.4 Å². The highest BCUT2D eigenvalue weighted by Crippen LogP contribution is 2.34. The molecule has 10 nitrogen and oxygen atoms in total. The normalized spacial score (nSPS) is 18.7. The molecule has 0 radical (unpaired) electrons. The lowest BCUT2D eigenvalue weighted by Gasteiger charge is -2.38. The van der Waals surface area contributed by atoms with Crippen LogP contribution in [0.4, 0.5) is 0 Å². The number of piperazine rings is 1. The molecule has 1 amide bonds. The third kappa shape index (κ3) is 5.31. The van der Waals surface area contributed by atoms with Gasteiger partial charge in [0.05, 0.1) is 0 Å². The van der Waals surface area contributed by atoms with Crippen LogP contribution < -0.4 is 10.2 Å². The molecule has 1 aromatic heterocycles. The number of amides is 1. The number of sulfonamides is 1. The summed E-state index contributed by atoms with van der Waals surface area (Å²) in [6, 6.07) is 8.16. The summed E-state index contributed by atoms with van der Waals surface area (Å²) < 4.78 is 56.0. The van der Waals surface area contributed by atoms with E-state index in [1.165, 1.54) is 11.5 Å². The van der Waals surface area contributed by atoms with Crippen LogP contribution in [0, 0.1) is 0 Å². The summed E-state index contributed by atoms with van der Waals surface area (Å²) in [5.74, 6) is -1.02. The first-order valence-corrected chi connectivity index (χ1v) is 13.6. The number of rotatable bonds is 7. The van der Waals surface area contributed by atoms with E-state index in [1.807, 2.05) is 0 Å². The summed E-state index contributed by atoms with van der Waals surface area (Å²) in [6.07, 6.45) is 0. The summed E-state index contributed by atoms with van der Waals surface area (Å²) in [6.45, 7) is 2.44. The number of nitrogens with one attached hydrogen (secondary N) is 2. The largest absolute Gasteiger partial charge is 0.289 e. The van der Waals surface area contributed by atoms with E-state index in [1.54, 1.807) is 44.2 Å². The van der Waals surface area contributed by atoms with Crippen LogP contribution >= 0.6 is 22.9 Å². The fraction of sp³-hybridized carbons (Fsp3) is 0.389. The molecule has 14 heteroatoms. The first-order valence-electron chi connectivity index (χ1n) is 9.54. The molecular weight excluding hydrogens is 500 g/mol. The van der Waals surface area contributed by atoms with Crippen molar-refractivity contribution in [3.63, 3.8) is 0 Å². The molecule has 176 valence electrons. The molecule has 1 aliphatic heterocycles. The first kappa shape index (κ1) is 25.1. The van der Waals surface area contributed by atoms with Gasteiger partial charge in [-0.1, -0.05) is 23.7 Å². The summed E-state index contributed by atoms with van der Waals surface area (Å²) in [7, 11) is -8.08. The molecule has 0 aliphatic carbocycles. The van der Waals surface area contributed by atoms with Crippen molar-refractivity contribution in [1.29, 1.82) is 0 Å². The van der Waals surface area contributed by atoms with Gasteiger partial charge < -0.3 is 0 Å². The predicted octanol–water partition coefficient (Wildman–Crippen LogP) is 1.49. The molecule has 1 fully saturated rings. The minimum Gasteiger partial charge on any atom is -0.289 e. The number of hydrogen-bond acceptors (Lipinski definition) is 7. The molecular formula is C18H23ClN4O6S3. The molecule has 1 saturated heterocycles. The SMILES string of the molecule is CC(C)NS(=O)(=O)N1CCN(S(=O)(=O)c2ccc(-c3ccc(Cl)cc3)s2)[C@@H](C(=O)NO)C1. The summed E-state index contributed by atoms with van der Waals surface area (Å²) >= 11 is 6.92. The van der Waals surface area contributed by atoms with Crippen LogP contribution in [-0.2, 0) is 25.0 Å². The van der Waals surface area contributed by atoms with Crippen LogP contribution in [0.1, 0.15) is 13.8 Å². The average molecular weight is 523 g/mol. The summed E-state index contributed by atoms with van der Waals surface area (Å²) in [4.78, 5) is 13.0. The van der Waals surface area contributed by atoms with Gasteiger partial charge in [-0.2, -0.15) is 21.8 Å². The van der Waals surface area contributed by atoms with Gasteiger partial charge >= 0.3 is 0 Å². The second-order valence-electron chi connectivity index (χ2n) is 7.37. The van der Waals surface area contributed by atoms with Crippen LogP contribution in [-0.4, -0.2) is 68.3 Å². The first-order chi connectivity index (χ1) is 15.0. The quantitative estimate of drug-likeness (QED) is 0.372. The minimum absolute atomic E-state index is 0.00481. The molecule has 0 spiro atoms. The number of carbonyl (C=O) groups is 1. The van der Waals surface area contributed by atoms with E-state index in [0.29, 0.717) is 9.90 Å². The van der Waals surface area contributed by atoms with Crippen LogP contribution in [0.15, 0.2) is 40.6 Å². The molecule has 1 aliphatic rings. The van der Waals surface area contributed by atoms with Crippen LogP contribution in [0.5, 0.6) is 0 Å². The van der Waals surface area contributed by atoms with Gasteiger partial charge in [-0.15, -0.1) is 11.3 Å². The Hall–Kier alpha value is -1.58. The van der Waals surface area contributed by atoms with Crippen molar-refractivity contribution >= 4 is 49.1 Å². The zero-order valence-corrected chi connectivity index (χ0v) is 20.4. The Morgan fingerprint density at radius 1 is 1.12 bits per heavy atom. The maximum atomic E-state index is 13.3. The fourth-order valence-electron chi connectivity index (χ4n) is 3.25. The Balaban J connectivity index is 1.90. The third-order valence-corrected chi connectivity index (χ3v) is 10.2. The van der Waals surface area contributed by atoms with E-state index in [0.717, 1.165) is 25.5 Å². The van der Waals surface area contributed by atoms with Gasteiger partial charge in [0, 0.05) is 35.6 Å². The zero-order valence-electron chi connectivity index (χ0n) is 17.2. The summed E-state index contributed by atoms with van der Waals surface area (Å²) in [5.41, 5.74) is 2.22. The lowest BCUT2D eigenvalue weighted by atomic mass is 10.2. The van der Waals surface area contributed by atoms with Crippen molar-refractivity contribution in [2.45, 2.75) is 30.1 Å². The van der Waals surface area contributed by atoms with Gasteiger partial charge in [0.1, 0.15) is 10.3 Å². The van der Waals surface area contributed by atoms with E-state index in [2.05, 4.69) is 4.72 Å². The number of thiophene rings is 1. The molecule has 2 aromatic rings. The highest BCUT2D eigenvalue weighted by molar-refractivity contribution is 7.91. The van der Waals surface area contributed by atoms with Crippen molar-refractivity contribution in [2.75, 3.05) is 19.6 Å². The van der Waals surface area contributed by atoms with E-state index >= 15 is 0 Å². The number of hydroxylamine groups is 1. The van der Waals surface area contributed by atoms with Crippen LogP contribution in [0.3, 0.4) is 0 Å². The molecule has 2 heterocycles. The molecule has 0 bridgehead atoms. The van der Waals surface area contributed by atoms with Gasteiger partial charge in [-0.25, -0.2) is 13.9 Å². The lowest BCUT2D eigenvalue weighted by Crippen LogP contribution is -2.62. The minimum atomic E-state index is -4.14. The molecule has 1 aromatic carbocycles. The number of benzene rings is 1. The number of nitrogens with zero attached hydrogens (tertiary/aromatic N) is 2. The topological polar surface area (TPSA) is 136 Å². The maximum Gasteiger partial charge on any atom is 0.279 e. The van der Waals surface area contributed by atoms with E-state index in [4.69, 9.17) is 16.8 Å². The van der Waals surface area contributed by atoms with E-state index < -0.39 is 38.7 Å². The Morgan fingerprint density at radius 3 is 2.38 bits per heavy atom. The van der Waals surface area contributed by atoms with Crippen molar-refractivity contribution in [1.82, 2.24) is 18.8 Å². The molecule has 32 heavy (non-hydrogen) atoms. The Labute approximate surface area is 196 Å². The Morgan fingerprint density at radius 2 is 1.78 bits per heavy atom. The van der Waals surface area contributed by atoms with Gasteiger partial charge in [0.25, 0.3) is 26.1 Å². The molecule has 0 unspecified atom stereocenters. The third-order valence-electron chi connectivity index (χ3n) is 4.70. The highest BCUT2D eigenvalue weighted by atomic mass is 35.5.